The molecular formula is C14H15BrF2N4S. The largest absolute Gasteiger partial charge is 0.299 e. The van der Waals surface area contributed by atoms with Gasteiger partial charge in [0.05, 0.1) is 6.21 Å². The zero-order valence-corrected chi connectivity index (χ0v) is 14.3. The van der Waals surface area contributed by atoms with Gasteiger partial charge in [0.1, 0.15) is 0 Å². The second-order valence-electron chi connectivity index (χ2n) is 4.42. The molecule has 0 amide bonds. The molecule has 0 aliphatic rings. The second kappa shape index (κ2) is 8.38. The first-order valence-corrected chi connectivity index (χ1v) is 8.56. The van der Waals surface area contributed by atoms with E-state index in [1.165, 1.54) is 18.0 Å². The smallest absolute Gasteiger partial charge is 0.201 e. The zero-order chi connectivity index (χ0) is 15.9. The van der Waals surface area contributed by atoms with E-state index in [4.69, 9.17) is 0 Å². The Kier molecular flexibility index (Phi) is 6.50. The molecule has 0 aliphatic carbocycles. The molecule has 0 spiro atoms. The minimum Gasteiger partial charge on any atom is -0.201 e. The summed E-state index contributed by atoms with van der Waals surface area (Å²) in [6.45, 7) is 2.07. The van der Waals surface area contributed by atoms with Crippen LogP contribution >= 0.6 is 27.7 Å². The third-order valence-corrected chi connectivity index (χ3v) is 4.51. The van der Waals surface area contributed by atoms with Gasteiger partial charge < -0.3 is 0 Å². The summed E-state index contributed by atoms with van der Waals surface area (Å²) in [4.78, 5) is 0. The molecule has 0 saturated heterocycles. The molecule has 0 aliphatic heterocycles. The normalized spacial score (nSPS) is 11.7. The van der Waals surface area contributed by atoms with Gasteiger partial charge in [-0.3, -0.25) is 0 Å². The number of hydrogen-bond acceptors (Lipinski definition) is 4. The van der Waals surface area contributed by atoms with E-state index in [1.807, 2.05) is 24.3 Å². The molecule has 1 heterocycles. The Balaban J connectivity index is 2.27. The summed E-state index contributed by atoms with van der Waals surface area (Å²) in [5.74, 6) is 0.352. The van der Waals surface area contributed by atoms with Crippen LogP contribution in [0.3, 0.4) is 0 Å². The molecule has 0 atom stereocenters. The first-order chi connectivity index (χ1) is 10.6. The van der Waals surface area contributed by atoms with E-state index in [0.29, 0.717) is 5.16 Å². The standard InChI is InChI=1S/C14H15BrF2N4S/c1-2-3-8-22-14-20-19-13(12(16)17)21(14)18-9-10-6-4-5-7-11(10)15/h4-7,9,12H,2-3,8H2,1H3. The van der Waals surface area contributed by atoms with Gasteiger partial charge >= 0.3 is 0 Å². The van der Waals surface area contributed by atoms with Crippen LogP contribution in [0.4, 0.5) is 8.78 Å². The monoisotopic (exact) mass is 388 g/mol. The highest BCUT2D eigenvalue weighted by Gasteiger charge is 2.20. The van der Waals surface area contributed by atoms with Crippen LogP contribution in [0.2, 0.25) is 0 Å². The zero-order valence-electron chi connectivity index (χ0n) is 11.9. The number of hydrogen-bond donors (Lipinski definition) is 0. The van der Waals surface area contributed by atoms with Crippen molar-refractivity contribution in [3.8, 4) is 0 Å². The lowest BCUT2D eigenvalue weighted by molar-refractivity contribution is 0.135. The number of benzene rings is 1. The van der Waals surface area contributed by atoms with Crippen molar-refractivity contribution in [2.75, 3.05) is 5.75 Å². The van der Waals surface area contributed by atoms with Crippen molar-refractivity contribution in [1.82, 2.24) is 14.9 Å². The summed E-state index contributed by atoms with van der Waals surface area (Å²) in [7, 11) is 0. The van der Waals surface area contributed by atoms with Gasteiger partial charge in [-0.15, -0.1) is 10.2 Å². The Bertz CT molecular complexity index is 646. The van der Waals surface area contributed by atoms with E-state index in [1.54, 1.807) is 0 Å². The minimum absolute atomic E-state index is 0.382. The van der Waals surface area contributed by atoms with E-state index >= 15 is 0 Å². The fourth-order valence-electron chi connectivity index (χ4n) is 1.62. The molecular weight excluding hydrogens is 374 g/mol. The molecule has 0 unspecified atom stereocenters. The lowest BCUT2D eigenvalue weighted by atomic mass is 10.2. The lowest BCUT2D eigenvalue weighted by Gasteiger charge is -2.04. The minimum atomic E-state index is -2.72. The molecule has 22 heavy (non-hydrogen) atoms. The maximum atomic E-state index is 13.0. The fraction of sp³-hybridized carbons (Fsp3) is 0.357. The first-order valence-electron chi connectivity index (χ1n) is 6.78. The van der Waals surface area contributed by atoms with Crippen molar-refractivity contribution in [3.63, 3.8) is 0 Å². The quantitative estimate of drug-likeness (QED) is 0.390. The van der Waals surface area contributed by atoms with Crippen molar-refractivity contribution in [2.45, 2.75) is 31.3 Å². The van der Waals surface area contributed by atoms with Crippen LogP contribution in [0.5, 0.6) is 0 Å². The molecule has 8 heteroatoms. The molecule has 0 N–H and O–H groups in total. The summed E-state index contributed by atoms with van der Waals surface area (Å²) in [5.41, 5.74) is 0.793. The Morgan fingerprint density at radius 2 is 2.14 bits per heavy atom. The summed E-state index contributed by atoms with van der Waals surface area (Å²) < 4.78 is 28.0. The summed E-state index contributed by atoms with van der Waals surface area (Å²) in [6, 6.07) is 7.42. The van der Waals surface area contributed by atoms with Crippen LogP contribution in [-0.2, 0) is 0 Å². The lowest BCUT2D eigenvalue weighted by Crippen LogP contribution is -2.01. The average Bonchev–Trinajstić information content (AvgIpc) is 2.90. The van der Waals surface area contributed by atoms with Crippen LogP contribution in [-0.4, -0.2) is 26.8 Å². The van der Waals surface area contributed by atoms with Crippen molar-refractivity contribution < 1.29 is 8.78 Å². The molecule has 0 saturated carbocycles. The Hall–Kier alpha value is -1.28. The van der Waals surface area contributed by atoms with Gasteiger partial charge in [0.25, 0.3) is 6.43 Å². The second-order valence-corrected chi connectivity index (χ2v) is 6.34. The number of halogens is 3. The van der Waals surface area contributed by atoms with Crippen molar-refractivity contribution in [2.24, 2.45) is 5.10 Å². The Morgan fingerprint density at radius 3 is 2.82 bits per heavy atom. The van der Waals surface area contributed by atoms with Gasteiger partial charge in [0, 0.05) is 15.8 Å². The Labute approximate surface area is 140 Å². The number of thioether (sulfide) groups is 1. The predicted octanol–water partition coefficient (Wildman–Crippen LogP) is 4.75. The topological polar surface area (TPSA) is 43.1 Å². The predicted molar refractivity (Wildman–Crippen MR) is 87.7 cm³/mol. The van der Waals surface area contributed by atoms with Gasteiger partial charge in [-0.25, -0.2) is 8.78 Å². The summed E-state index contributed by atoms with van der Waals surface area (Å²) in [5, 5.41) is 11.9. The molecule has 0 fully saturated rings. The number of aromatic nitrogens is 3. The third kappa shape index (κ3) is 4.36. The van der Waals surface area contributed by atoms with E-state index in [2.05, 4.69) is 38.2 Å². The van der Waals surface area contributed by atoms with E-state index in [0.717, 1.165) is 33.3 Å². The molecule has 2 aromatic rings. The van der Waals surface area contributed by atoms with Gasteiger partial charge in [-0.05, 0) is 12.5 Å². The van der Waals surface area contributed by atoms with Crippen LogP contribution in [0, 0.1) is 0 Å². The van der Waals surface area contributed by atoms with Gasteiger partial charge in [-0.2, -0.15) is 9.78 Å². The highest BCUT2D eigenvalue weighted by atomic mass is 79.9. The van der Waals surface area contributed by atoms with Crippen LogP contribution in [0.15, 0.2) is 39.0 Å². The van der Waals surface area contributed by atoms with E-state index in [-0.39, 0.29) is 0 Å². The van der Waals surface area contributed by atoms with Crippen LogP contribution < -0.4 is 0 Å². The molecule has 118 valence electrons. The molecule has 4 nitrogen and oxygen atoms in total. The maximum absolute atomic E-state index is 13.0. The Morgan fingerprint density at radius 1 is 1.36 bits per heavy atom. The first kappa shape index (κ1) is 17.1. The van der Waals surface area contributed by atoms with E-state index < -0.39 is 12.2 Å². The summed E-state index contributed by atoms with van der Waals surface area (Å²) in [6.07, 6.45) is 0.811. The molecule has 1 aromatic heterocycles. The number of rotatable bonds is 7. The number of unbranched alkanes of at least 4 members (excludes halogenated alkanes) is 1. The summed E-state index contributed by atoms with van der Waals surface area (Å²) >= 11 is 4.77. The van der Waals surface area contributed by atoms with Crippen molar-refractivity contribution in [3.05, 3.63) is 40.1 Å². The molecule has 1 aromatic carbocycles. The van der Waals surface area contributed by atoms with Crippen LogP contribution in [0.1, 0.15) is 37.6 Å². The fourth-order valence-corrected chi connectivity index (χ4v) is 2.98. The SMILES string of the molecule is CCCCSc1nnc(C(F)F)n1N=Cc1ccccc1Br. The number of alkyl halides is 2. The van der Waals surface area contributed by atoms with Crippen molar-refractivity contribution >= 4 is 33.9 Å². The van der Waals surface area contributed by atoms with Crippen LogP contribution in [0.25, 0.3) is 0 Å². The maximum Gasteiger partial charge on any atom is 0.299 e. The molecule has 0 radical (unpaired) electrons. The highest BCUT2D eigenvalue weighted by molar-refractivity contribution is 9.10. The van der Waals surface area contributed by atoms with Gasteiger partial charge in [0.2, 0.25) is 11.0 Å². The molecule has 0 bridgehead atoms. The number of nitrogens with zero attached hydrogens (tertiary/aromatic N) is 4. The van der Waals surface area contributed by atoms with Crippen molar-refractivity contribution in [1.29, 1.82) is 0 Å². The van der Waals surface area contributed by atoms with Gasteiger partial charge in [-0.1, -0.05) is 59.2 Å². The highest BCUT2D eigenvalue weighted by Crippen LogP contribution is 2.24. The average molecular weight is 389 g/mol. The third-order valence-electron chi connectivity index (χ3n) is 2.78. The van der Waals surface area contributed by atoms with Gasteiger partial charge in [0.15, 0.2) is 0 Å². The van der Waals surface area contributed by atoms with E-state index in [9.17, 15) is 8.78 Å². The molecule has 2 rings (SSSR count).